The molecule has 2 aliphatic heterocycles. The number of hydrogen-bond acceptors (Lipinski definition) is 5. The van der Waals surface area contributed by atoms with Crippen LogP contribution in [0.4, 0.5) is 5.82 Å². The van der Waals surface area contributed by atoms with Gasteiger partial charge in [-0.3, -0.25) is 9.89 Å². The van der Waals surface area contributed by atoms with Crippen molar-refractivity contribution in [1.29, 1.82) is 0 Å². The summed E-state index contributed by atoms with van der Waals surface area (Å²) in [6.07, 6.45) is 8.52. The topological polar surface area (TPSA) is 74.3 Å². The number of anilines is 1. The Bertz CT molecular complexity index is 784. The zero-order valence-corrected chi connectivity index (χ0v) is 15.9. The Morgan fingerprint density at radius 2 is 2.19 bits per heavy atom. The molecule has 1 amide bonds. The quantitative estimate of drug-likeness (QED) is 0.847. The molecule has 0 aromatic carbocycles. The second-order valence-corrected chi connectivity index (χ2v) is 7.31. The second kappa shape index (κ2) is 7.98. The van der Waals surface area contributed by atoms with Crippen molar-refractivity contribution in [2.75, 3.05) is 31.1 Å². The summed E-state index contributed by atoms with van der Waals surface area (Å²) in [6.45, 7) is 5.47. The first-order valence-electron chi connectivity index (χ1n) is 9.94. The lowest BCUT2D eigenvalue weighted by molar-refractivity contribution is 0.0771. The van der Waals surface area contributed by atoms with Gasteiger partial charge < -0.3 is 14.5 Å². The zero-order chi connectivity index (χ0) is 18.6. The van der Waals surface area contributed by atoms with Gasteiger partial charge in [0.25, 0.3) is 5.91 Å². The number of carbonyl (C=O) groups is 1. The Morgan fingerprint density at radius 3 is 3.00 bits per heavy atom. The van der Waals surface area contributed by atoms with E-state index in [9.17, 15) is 4.79 Å². The van der Waals surface area contributed by atoms with Crippen LogP contribution in [-0.4, -0.2) is 58.3 Å². The van der Waals surface area contributed by atoms with Gasteiger partial charge in [0, 0.05) is 37.9 Å². The van der Waals surface area contributed by atoms with Gasteiger partial charge in [-0.05, 0) is 31.4 Å². The summed E-state index contributed by atoms with van der Waals surface area (Å²) >= 11 is 0. The molecule has 2 fully saturated rings. The molecule has 0 unspecified atom stereocenters. The standard InChI is InChI=1S/C20H27N5O2/c1-2-6-17-16(13-22-23-17)20(26)25-12-8-15(14-25)27-18-7-5-9-21-19(18)24-10-3-4-11-24/h5,7,9,13,15H,2-4,6,8,10-12,14H2,1H3,(H,22,23)/t15-/m0/s1. The van der Waals surface area contributed by atoms with Crippen molar-refractivity contribution < 1.29 is 9.53 Å². The number of aromatic nitrogens is 3. The molecular weight excluding hydrogens is 342 g/mol. The van der Waals surface area contributed by atoms with Gasteiger partial charge in [0.1, 0.15) is 6.10 Å². The molecular formula is C20H27N5O2. The minimum atomic E-state index is 0.000953. The number of rotatable bonds is 6. The van der Waals surface area contributed by atoms with Crippen LogP contribution in [0.15, 0.2) is 24.5 Å². The summed E-state index contributed by atoms with van der Waals surface area (Å²) in [5.74, 6) is 1.80. The van der Waals surface area contributed by atoms with Crippen LogP contribution in [0.2, 0.25) is 0 Å². The maximum Gasteiger partial charge on any atom is 0.257 e. The van der Waals surface area contributed by atoms with Crippen LogP contribution in [0, 0.1) is 0 Å². The molecule has 0 spiro atoms. The Kier molecular flexibility index (Phi) is 5.27. The average molecular weight is 369 g/mol. The molecule has 4 heterocycles. The van der Waals surface area contributed by atoms with E-state index in [-0.39, 0.29) is 12.0 Å². The second-order valence-electron chi connectivity index (χ2n) is 7.31. The third kappa shape index (κ3) is 3.77. The lowest BCUT2D eigenvalue weighted by Gasteiger charge is -2.22. The molecule has 2 aliphatic rings. The van der Waals surface area contributed by atoms with Gasteiger partial charge in [0.05, 0.1) is 18.3 Å². The maximum atomic E-state index is 12.9. The van der Waals surface area contributed by atoms with Crippen LogP contribution in [0.3, 0.4) is 0 Å². The number of aromatic amines is 1. The van der Waals surface area contributed by atoms with E-state index in [1.807, 2.05) is 23.2 Å². The number of pyridine rings is 1. The minimum Gasteiger partial charge on any atom is -0.485 e. The largest absolute Gasteiger partial charge is 0.485 e. The van der Waals surface area contributed by atoms with Gasteiger partial charge >= 0.3 is 0 Å². The summed E-state index contributed by atoms with van der Waals surface area (Å²) in [7, 11) is 0. The van der Waals surface area contributed by atoms with E-state index in [4.69, 9.17) is 4.74 Å². The third-order valence-corrected chi connectivity index (χ3v) is 5.33. The van der Waals surface area contributed by atoms with Crippen LogP contribution in [0.1, 0.15) is 48.7 Å². The summed E-state index contributed by atoms with van der Waals surface area (Å²) < 4.78 is 6.27. The van der Waals surface area contributed by atoms with Crippen LogP contribution < -0.4 is 9.64 Å². The Morgan fingerprint density at radius 1 is 1.33 bits per heavy atom. The summed E-state index contributed by atoms with van der Waals surface area (Å²) in [6, 6.07) is 3.90. The number of H-pyrrole nitrogens is 1. The molecule has 1 atom stereocenters. The molecule has 0 radical (unpaired) electrons. The van der Waals surface area contributed by atoms with Crippen molar-refractivity contribution in [1.82, 2.24) is 20.1 Å². The predicted molar refractivity (Wildman–Crippen MR) is 103 cm³/mol. The molecule has 0 saturated carbocycles. The molecule has 1 N–H and O–H groups in total. The van der Waals surface area contributed by atoms with Crippen LogP contribution >= 0.6 is 0 Å². The van der Waals surface area contributed by atoms with E-state index >= 15 is 0 Å². The molecule has 7 heteroatoms. The smallest absolute Gasteiger partial charge is 0.257 e. The van der Waals surface area contributed by atoms with E-state index in [1.54, 1.807) is 6.20 Å². The lowest BCUT2D eigenvalue weighted by atomic mass is 10.1. The molecule has 2 aromatic heterocycles. The van der Waals surface area contributed by atoms with Crippen molar-refractivity contribution in [2.24, 2.45) is 0 Å². The van der Waals surface area contributed by atoms with Gasteiger partial charge in [-0.1, -0.05) is 13.3 Å². The monoisotopic (exact) mass is 369 g/mol. The van der Waals surface area contributed by atoms with Crippen molar-refractivity contribution in [3.05, 3.63) is 35.8 Å². The fourth-order valence-corrected chi connectivity index (χ4v) is 3.94. The van der Waals surface area contributed by atoms with Gasteiger partial charge in [0.2, 0.25) is 0 Å². The lowest BCUT2D eigenvalue weighted by Crippen LogP contribution is -2.31. The molecule has 27 heavy (non-hydrogen) atoms. The number of carbonyl (C=O) groups excluding carboxylic acids is 1. The fraction of sp³-hybridized carbons (Fsp3) is 0.550. The molecule has 0 bridgehead atoms. The first-order valence-corrected chi connectivity index (χ1v) is 9.94. The SMILES string of the molecule is CCCc1[nH]ncc1C(=O)N1CC[C@H](Oc2cccnc2N2CCCC2)C1. The molecule has 144 valence electrons. The highest BCUT2D eigenvalue weighted by Crippen LogP contribution is 2.30. The Hall–Kier alpha value is -2.57. The molecule has 2 saturated heterocycles. The highest BCUT2D eigenvalue weighted by Gasteiger charge is 2.31. The van der Waals surface area contributed by atoms with Gasteiger partial charge in [-0.25, -0.2) is 4.98 Å². The van der Waals surface area contributed by atoms with E-state index in [2.05, 4.69) is 27.0 Å². The van der Waals surface area contributed by atoms with E-state index in [1.165, 1.54) is 12.8 Å². The number of nitrogens with one attached hydrogen (secondary N) is 1. The molecule has 7 nitrogen and oxygen atoms in total. The highest BCUT2D eigenvalue weighted by molar-refractivity contribution is 5.95. The number of likely N-dealkylation sites (tertiary alicyclic amines) is 1. The Balaban J connectivity index is 1.42. The predicted octanol–water partition coefficient (Wildman–Crippen LogP) is 2.65. The summed E-state index contributed by atoms with van der Waals surface area (Å²) in [4.78, 5) is 21.6. The van der Waals surface area contributed by atoms with Crippen molar-refractivity contribution in [3.63, 3.8) is 0 Å². The molecule has 0 aliphatic carbocycles. The number of aryl methyl sites for hydroxylation is 1. The normalized spacial score (nSPS) is 19.7. The number of amides is 1. The first kappa shape index (κ1) is 17.8. The van der Waals surface area contributed by atoms with Gasteiger partial charge in [-0.15, -0.1) is 0 Å². The van der Waals surface area contributed by atoms with E-state index in [0.717, 1.165) is 49.6 Å². The van der Waals surface area contributed by atoms with Crippen molar-refractivity contribution in [2.45, 2.75) is 45.1 Å². The number of ether oxygens (including phenoxy) is 1. The number of hydrogen-bond donors (Lipinski definition) is 1. The van der Waals surface area contributed by atoms with E-state index < -0.39 is 0 Å². The minimum absolute atomic E-state index is 0.000953. The van der Waals surface area contributed by atoms with Crippen LogP contribution in [0.5, 0.6) is 5.75 Å². The van der Waals surface area contributed by atoms with Gasteiger partial charge in [-0.2, -0.15) is 5.10 Å². The van der Waals surface area contributed by atoms with Gasteiger partial charge in [0.15, 0.2) is 11.6 Å². The van der Waals surface area contributed by atoms with Crippen LogP contribution in [0.25, 0.3) is 0 Å². The molecule has 2 aromatic rings. The fourth-order valence-electron chi connectivity index (χ4n) is 3.94. The molecule has 4 rings (SSSR count). The van der Waals surface area contributed by atoms with Crippen molar-refractivity contribution in [3.8, 4) is 5.75 Å². The first-order chi connectivity index (χ1) is 13.3. The number of nitrogens with zero attached hydrogens (tertiary/aromatic N) is 4. The third-order valence-electron chi connectivity index (χ3n) is 5.33. The summed E-state index contributed by atoms with van der Waals surface area (Å²) in [5.41, 5.74) is 1.62. The van der Waals surface area contributed by atoms with Crippen LogP contribution in [-0.2, 0) is 6.42 Å². The maximum absolute atomic E-state index is 12.9. The average Bonchev–Trinajstić information content (AvgIpc) is 3.44. The zero-order valence-electron chi connectivity index (χ0n) is 15.9. The van der Waals surface area contributed by atoms with Crippen molar-refractivity contribution >= 4 is 11.7 Å². The van der Waals surface area contributed by atoms with E-state index in [0.29, 0.717) is 18.7 Å². The highest BCUT2D eigenvalue weighted by atomic mass is 16.5. The summed E-state index contributed by atoms with van der Waals surface area (Å²) in [5, 5.41) is 7.02. The Labute approximate surface area is 159 Å².